The van der Waals surface area contributed by atoms with Crippen LogP contribution >= 0.6 is 23.1 Å². The third kappa shape index (κ3) is 5.00. The van der Waals surface area contributed by atoms with Crippen molar-refractivity contribution < 1.29 is 9.90 Å². The third-order valence-corrected chi connectivity index (χ3v) is 4.54. The highest BCUT2D eigenvalue weighted by Gasteiger charge is 2.02. The van der Waals surface area contributed by atoms with Crippen molar-refractivity contribution in [2.75, 3.05) is 12.3 Å². The summed E-state index contributed by atoms with van der Waals surface area (Å²) in [5, 5.41) is 22.2. The molecule has 2 aromatic heterocycles. The summed E-state index contributed by atoms with van der Waals surface area (Å²) in [5.74, 6) is 0.604. The minimum Gasteiger partial charge on any atom is -0.392 e. The predicted octanol–water partition coefficient (Wildman–Crippen LogP) is 1.29. The number of carbonyl (C=O) groups excluding carboxylic acids is 1. The average molecular weight is 324 g/mol. The Hall–Kier alpha value is -1.64. The Kier molecular flexibility index (Phi) is 5.97. The van der Waals surface area contributed by atoms with Crippen LogP contribution in [0.5, 0.6) is 0 Å². The number of amides is 1. The van der Waals surface area contributed by atoms with Gasteiger partial charge in [0, 0.05) is 30.3 Å². The molecule has 0 aliphatic heterocycles. The lowest BCUT2D eigenvalue weighted by Gasteiger charge is -2.01. The first-order valence-electron chi connectivity index (χ1n) is 6.30. The van der Waals surface area contributed by atoms with Gasteiger partial charge in [0.15, 0.2) is 5.16 Å². The average Bonchev–Trinajstić information content (AvgIpc) is 3.10. The maximum Gasteiger partial charge on any atom is 0.244 e. The molecule has 0 spiro atoms. The van der Waals surface area contributed by atoms with Crippen molar-refractivity contribution in [1.82, 2.24) is 20.1 Å². The Balaban J connectivity index is 1.68. The molecule has 2 heterocycles. The monoisotopic (exact) mass is 324 g/mol. The van der Waals surface area contributed by atoms with Crippen molar-refractivity contribution in [3.8, 4) is 0 Å². The Morgan fingerprint density at radius 1 is 1.62 bits per heavy atom. The minimum absolute atomic E-state index is 0.0236. The van der Waals surface area contributed by atoms with Crippen LogP contribution < -0.4 is 5.32 Å². The highest BCUT2D eigenvalue weighted by molar-refractivity contribution is 7.99. The van der Waals surface area contributed by atoms with E-state index in [2.05, 4.69) is 15.5 Å². The summed E-state index contributed by atoms with van der Waals surface area (Å²) < 4.78 is 1.84. The molecule has 0 aliphatic carbocycles. The second-order valence-electron chi connectivity index (χ2n) is 4.21. The molecule has 8 heteroatoms. The van der Waals surface area contributed by atoms with E-state index >= 15 is 0 Å². The maximum absolute atomic E-state index is 11.6. The molecule has 0 unspecified atom stereocenters. The van der Waals surface area contributed by atoms with Gasteiger partial charge in [-0.1, -0.05) is 11.8 Å². The molecule has 0 atom stereocenters. The Morgan fingerprint density at radius 2 is 2.48 bits per heavy atom. The van der Waals surface area contributed by atoms with Crippen LogP contribution in [0.4, 0.5) is 0 Å². The van der Waals surface area contributed by atoms with Gasteiger partial charge >= 0.3 is 0 Å². The Bertz CT molecular complexity index is 621. The van der Waals surface area contributed by atoms with Crippen LogP contribution in [-0.4, -0.2) is 38.1 Å². The van der Waals surface area contributed by atoms with Crippen molar-refractivity contribution in [2.45, 2.75) is 11.8 Å². The fraction of sp³-hybridized carbons (Fsp3) is 0.308. The van der Waals surface area contributed by atoms with E-state index in [1.165, 1.54) is 17.4 Å². The molecule has 112 valence electrons. The van der Waals surface area contributed by atoms with Gasteiger partial charge in [-0.3, -0.25) is 4.79 Å². The number of hydrogen-bond donors (Lipinski definition) is 2. The largest absolute Gasteiger partial charge is 0.392 e. The molecule has 2 aromatic rings. The number of rotatable bonds is 7. The summed E-state index contributed by atoms with van der Waals surface area (Å²) in [4.78, 5) is 12.6. The SMILES string of the molecule is Cn1cnnc1SCCNC(=O)C=Cc1cc(CO)cs1. The van der Waals surface area contributed by atoms with Crippen molar-refractivity contribution in [3.05, 3.63) is 34.3 Å². The fourth-order valence-corrected chi connectivity index (χ4v) is 3.04. The van der Waals surface area contributed by atoms with Crippen LogP contribution in [0, 0.1) is 0 Å². The van der Waals surface area contributed by atoms with E-state index in [0.29, 0.717) is 6.54 Å². The number of aromatic nitrogens is 3. The summed E-state index contributed by atoms with van der Waals surface area (Å²) in [6.45, 7) is 0.586. The lowest BCUT2D eigenvalue weighted by molar-refractivity contribution is -0.116. The number of aliphatic hydroxyl groups is 1. The topological polar surface area (TPSA) is 80.0 Å². The molecule has 6 nitrogen and oxygen atoms in total. The van der Waals surface area contributed by atoms with E-state index in [1.54, 1.807) is 24.2 Å². The van der Waals surface area contributed by atoms with E-state index in [9.17, 15) is 4.79 Å². The number of aliphatic hydroxyl groups excluding tert-OH is 1. The number of nitrogens with one attached hydrogen (secondary N) is 1. The van der Waals surface area contributed by atoms with Gasteiger partial charge in [-0.15, -0.1) is 21.5 Å². The molecule has 0 saturated carbocycles. The van der Waals surface area contributed by atoms with Crippen molar-refractivity contribution in [3.63, 3.8) is 0 Å². The summed E-state index contributed by atoms with van der Waals surface area (Å²) in [6, 6.07) is 1.86. The smallest absolute Gasteiger partial charge is 0.244 e. The first-order chi connectivity index (χ1) is 10.2. The summed E-state index contributed by atoms with van der Waals surface area (Å²) in [5.41, 5.74) is 0.861. The van der Waals surface area contributed by atoms with Crippen molar-refractivity contribution in [1.29, 1.82) is 0 Å². The van der Waals surface area contributed by atoms with E-state index in [1.807, 2.05) is 23.1 Å². The van der Waals surface area contributed by atoms with Crippen LogP contribution in [0.3, 0.4) is 0 Å². The number of thiophene rings is 1. The molecule has 0 fully saturated rings. The molecule has 21 heavy (non-hydrogen) atoms. The second kappa shape index (κ2) is 7.96. The standard InChI is InChI=1S/C13H16N4O2S2/c1-17-9-15-16-13(17)20-5-4-14-12(19)3-2-11-6-10(7-18)8-21-11/h2-3,6,8-9,18H,4-5,7H2,1H3,(H,14,19). The summed E-state index contributed by atoms with van der Waals surface area (Å²) >= 11 is 3.04. The molecule has 0 radical (unpaired) electrons. The normalized spacial score (nSPS) is 11.1. The van der Waals surface area contributed by atoms with Crippen LogP contribution in [0.15, 0.2) is 29.0 Å². The van der Waals surface area contributed by atoms with Crippen LogP contribution in [-0.2, 0) is 18.4 Å². The molecule has 0 aliphatic rings. The molecular formula is C13H16N4O2S2. The maximum atomic E-state index is 11.6. The van der Waals surface area contributed by atoms with Gasteiger partial charge in [0.2, 0.25) is 5.91 Å². The van der Waals surface area contributed by atoms with Gasteiger partial charge in [0.1, 0.15) is 6.33 Å². The highest BCUT2D eigenvalue weighted by atomic mass is 32.2. The van der Waals surface area contributed by atoms with Gasteiger partial charge < -0.3 is 15.0 Å². The summed E-state index contributed by atoms with van der Waals surface area (Å²) in [7, 11) is 1.88. The molecule has 2 rings (SSSR count). The first kappa shape index (κ1) is 15.7. The van der Waals surface area contributed by atoms with Crippen LogP contribution in [0.25, 0.3) is 6.08 Å². The van der Waals surface area contributed by atoms with Crippen molar-refractivity contribution in [2.24, 2.45) is 7.05 Å². The molecule has 2 N–H and O–H groups in total. The fourth-order valence-electron chi connectivity index (χ4n) is 1.50. The zero-order valence-corrected chi connectivity index (χ0v) is 13.2. The lowest BCUT2D eigenvalue weighted by atomic mass is 10.3. The number of aryl methyl sites for hydroxylation is 1. The lowest BCUT2D eigenvalue weighted by Crippen LogP contribution is -2.23. The molecule has 1 amide bonds. The number of carbonyl (C=O) groups is 1. The highest BCUT2D eigenvalue weighted by Crippen LogP contribution is 2.16. The van der Waals surface area contributed by atoms with E-state index in [-0.39, 0.29) is 12.5 Å². The van der Waals surface area contributed by atoms with Gasteiger partial charge in [-0.2, -0.15) is 0 Å². The van der Waals surface area contributed by atoms with Gasteiger partial charge in [-0.25, -0.2) is 0 Å². The minimum atomic E-state index is -0.132. The number of nitrogens with zero attached hydrogens (tertiary/aromatic N) is 3. The Morgan fingerprint density at radius 3 is 3.14 bits per heavy atom. The summed E-state index contributed by atoms with van der Waals surface area (Å²) in [6.07, 6.45) is 4.89. The molecular weight excluding hydrogens is 308 g/mol. The zero-order valence-electron chi connectivity index (χ0n) is 11.5. The molecule has 0 bridgehead atoms. The van der Waals surface area contributed by atoms with Crippen LogP contribution in [0.2, 0.25) is 0 Å². The van der Waals surface area contributed by atoms with E-state index < -0.39 is 0 Å². The van der Waals surface area contributed by atoms with Gasteiger partial charge in [0.05, 0.1) is 6.61 Å². The van der Waals surface area contributed by atoms with E-state index in [0.717, 1.165) is 21.3 Å². The molecule has 0 aromatic carbocycles. The molecule has 0 saturated heterocycles. The number of thioether (sulfide) groups is 1. The van der Waals surface area contributed by atoms with Crippen LogP contribution in [0.1, 0.15) is 10.4 Å². The first-order valence-corrected chi connectivity index (χ1v) is 8.16. The van der Waals surface area contributed by atoms with Gasteiger partial charge in [0.25, 0.3) is 0 Å². The van der Waals surface area contributed by atoms with E-state index in [4.69, 9.17) is 5.11 Å². The third-order valence-electron chi connectivity index (χ3n) is 2.56. The number of hydrogen-bond acceptors (Lipinski definition) is 6. The van der Waals surface area contributed by atoms with Gasteiger partial charge in [-0.05, 0) is 23.1 Å². The Labute approximate surface area is 130 Å². The predicted molar refractivity (Wildman–Crippen MR) is 84.0 cm³/mol. The second-order valence-corrected chi connectivity index (χ2v) is 6.22. The van der Waals surface area contributed by atoms with Crippen molar-refractivity contribution >= 4 is 35.1 Å². The quantitative estimate of drug-likeness (QED) is 0.456. The zero-order chi connectivity index (χ0) is 15.1.